The monoisotopic (exact) mass is 290 g/mol. The molecule has 0 N–H and O–H groups in total. The second-order valence-corrected chi connectivity index (χ2v) is 4.81. The van der Waals surface area contributed by atoms with Crippen LogP contribution in [0.25, 0.3) is 22.6 Å². The number of pyridine rings is 2. The lowest BCUT2D eigenvalue weighted by Gasteiger charge is -2.05. The molecule has 4 rings (SSSR count). The third kappa shape index (κ3) is 1.81. The van der Waals surface area contributed by atoms with Crippen molar-refractivity contribution in [1.29, 1.82) is 0 Å². The van der Waals surface area contributed by atoms with Crippen molar-refractivity contribution >= 4 is 11.3 Å². The molecule has 0 saturated carbocycles. The van der Waals surface area contributed by atoms with Crippen LogP contribution in [-0.2, 0) is 0 Å². The van der Waals surface area contributed by atoms with Gasteiger partial charge in [0.1, 0.15) is 11.3 Å². The van der Waals surface area contributed by atoms with Gasteiger partial charge in [0.15, 0.2) is 0 Å². The van der Waals surface area contributed by atoms with Crippen LogP contribution in [0.15, 0.2) is 70.6 Å². The molecule has 0 atom stereocenters. The fourth-order valence-corrected chi connectivity index (χ4v) is 2.39. The summed E-state index contributed by atoms with van der Waals surface area (Å²) < 4.78 is 2.86. The molecule has 0 spiro atoms. The van der Waals surface area contributed by atoms with Crippen LogP contribution in [0, 0.1) is 0 Å². The smallest absolute Gasteiger partial charge is 0.267 e. The average molecular weight is 290 g/mol. The van der Waals surface area contributed by atoms with Gasteiger partial charge in [0, 0.05) is 24.7 Å². The highest BCUT2D eigenvalue weighted by Crippen LogP contribution is 2.11. The van der Waals surface area contributed by atoms with Crippen molar-refractivity contribution in [1.82, 2.24) is 18.8 Å². The van der Waals surface area contributed by atoms with Crippen LogP contribution < -0.4 is 11.1 Å². The van der Waals surface area contributed by atoms with Gasteiger partial charge in [-0.3, -0.25) is 18.4 Å². The third-order valence-corrected chi connectivity index (χ3v) is 3.46. The minimum Gasteiger partial charge on any atom is -0.269 e. The summed E-state index contributed by atoms with van der Waals surface area (Å²) in [5, 5.41) is 0. The van der Waals surface area contributed by atoms with Gasteiger partial charge in [-0.15, -0.1) is 0 Å². The fourth-order valence-electron chi connectivity index (χ4n) is 2.39. The Labute approximate surface area is 124 Å². The van der Waals surface area contributed by atoms with Gasteiger partial charge in [-0.25, -0.2) is 9.97 Å². The molecular formula is C16H10N4O2. The summed E-state index contributed by atoms with van der Waals surface area (Å²) in [4.78, 5) is 33.3. The van der Waals surface area contributed by atoms with E-state index in [1.54, 1.807) is 42.7 Å². The first-order chi connectivity index (χ1) is 10.7. The van der Waals surface area contributed by atoms with E-state index in [0.717, 1.165) is 0 Å². The Hall–Kier alpha value is -3.28. The van der Waals surface area contributed by atoms with E-state index in [9.17, 15) is 9.59 Å². The van der Waals surface area contributed by atoms with Crippen molar-refractivity contribution in [3.05, 3.63) is 81.8 Å². The number of hydrogen-bond acceptors (Lipinski definition) is 4. The number of aromatic nitrogens is 4. The van der Waals surface area contributed by atoms with Gasteiger partial charge in [-0.2, -0.15) is 0 Å². The molecule has 0 aromatic carbocycles. The molecule has 0 amide bonds. The van der Waals surface area contributed by atoms with Crippen molar-refractivity contribution in [2.24, 2.45) is 0 Å². The minimum atomic E-state index is -0.252. The topological polar surface area (TPSA) is 68.7 Å². The molecule has 0 aliphatic carbocycles. The van der Waals surface area contributed by atoms with E-state index in [4.69, 9.17) is 0 Å². The molecule has 0 saturated heterocycles. The number of hydrogen-bond donors (Lipinski definition) is 0. The third-order valence-electron chi connectivity index (χ3n) is 3.46. The second kappa shape index (κ2) is 4.63. The molecule has 4 aromatic heterocycles. The van der Waals surface area contributed by atoms with Gasteiger partial charge >= 0.3 is 0 Å². The lowest BCUT2D eigenvalue weighted by molar-refractivity contribution is 1.02. The average Bonchev–Trinajstić information content (AvgIpc) is 2.55. The molecule has 4 aromatic rings. The van der Waals surface area contributed by atoms with Crippen molar-refractivity contribution in [2.75, 3.05) is 0 Å². The van der Waals surface area contributed by atoms with Crippen LogP contribution in [0.2, 0.25) is 0 Å². The van der Waals surface area contributed by atoms with Crippen LogP contribution in [0.3, 0.4) is 0 Å². The first kappa shape index (κ1) is 12.5. The molecule has 0 unspecified atom stereocenters. The summed E-state index contributed by atoms with van der Waals surface area (Å²) in [6, 6.07) is 11.9. The van der Waals surface area contributed by atoms with Crippen LogP contribution >= 0.6 is 0 Å². The van der Waals surface area contributed by atoms with Crippen LogP contribution in [0.5, 0.6) is 0 Å². The van der Waals surface area contributed by atoms with E-state index in [0.29, 0.717) is 22.6 Å². The first-order valence-corrected chi connectivity index (χ1v) is 6.69. The summed E-state index contributed by atoms with van der Waals surface area (Å²) in [7, 11) is 0. The highest BCUT2D eigenvalue weighted by Gasteiger charge is 2.10. The highest BCUT2D eigenvalue weighted by atomic mass is 16.1. The van der Waals surface area contributed by atoms with Gasteiger partial charge in [-0.1, -0.05) is 12.1 Å². The molecule has 0 aliphatic heterocycles. The van der Waals surface area contributed by atoms with Crippen molar-refractivity contribution in [3.8, 4) is 11.3 Å². The van der Waals surface area contributed by atoms with E-state index in [-0.39, 0.29) is 11.1 Å². The maximum Gasteiger partial charge on any atom is 0.267 e. The number of nitrogens with zero attached hydrogens (tertiary/aromatic N) is 4. The summed E-state index contributed by atoms with van der Waals surface area (Å²) in [5.74, 6) is 0. The largest absolute Gasteiger partial charge is 0.269 e. The van der Waals surface area contributed by atoms with Crippen LogP contribution in [-0.4, -0.2) is 18.8 Å². The van der Waals surface area contributed by atoms with Gasteiger partial charge in [0.25, 0.3) is 11.1 Å². The second-order valence-electron chi connectivity index (χ2n) is 4.81. The zero-order valence-electron chi connectivity index (χ0n) is 11.4. The Balaban J connectivity index is 2.05. The Bertz CT molecular complexity index is 1130. The van der Waals surface area contributed by atoms with Gasteiger partial charge in [-0.05, 0) is 24.3 Å². The van der Waals surface area contributed by atoms with Gasteiger partial charge in [0.2, 0.25) is 0 Å². The minimum absolute atomic E-state index is 0.238. The molecule has 6 heteroatoms. The Morgan fingerprint density at radius 1 is 0.864 bits per heavy atom. The van der Waals surface area contributed by atoms with E-state index in [1.165, 1.54) is 21.1 Å². The predicted octanol–water partition coefficient (Wildman–Crippen LogP) is 1.37. The molecular weight excluding hydrogens is 280 g/mol. The van der Waals surface area contributed by atoms with Crippen LogP contribution in [0.1, 0.15) is 0 Å². The van der Waals surface area contributed by atoms with Crippen molar-refractivity contribution in [2.45, 2.75) is 0 Å². The van der Waals surface area contributed by atoms with E-state index < -0.39 is 0 Å². The molecule has 4 heterocycles. The number of fused-ring (bicyclic) bond motifs is 2. The maximum atomic E-state index is 12.6. The summed E-state index contributed by atoms with van der Waals surface area (Å²) >= 11 is 0. The normalized spacial score (nSPS) is 11.1. The van der Waals surface area contributed by atoms with Gasteiger partial charge in [0.05, 0.1) is 11.3 Å². The molecule has 106 valence electrons. The molecule has 0 fully saturated rings. The Morgan fingerprint density at radius 2 is 1.59 bits per heavy atom. The van der Waals surface area contributed by atoms with E-state index >= 15 is 0 Å². The maximum absolute atomic E-state index is 12.6. The quantitative estimate of drug-likeness (QED) is 0.531. The summed E-state index contributed by atoms with van der Waals surface area (Å²) in [6.45, 7) is 0. The number of rotatable bonds is 1. The van der Waals surface area contributed by atoms with E-state index in [2.05, 4.69) is 9.97 Å². The summed E-state index contributed by atoms with van der Waals surface area (Å²) in [6.07, 6.45) is 4.74. The lowest BCUT2D eigenvalue weighted by Crippen LogP contribution is -2.19. The van der Waals surface area contributed by atoms with Crippen molar-refractivity contribution < 1.29 is 0 Å². The SMILES string of the molecule is O=c1cc(-c2cnc3ccccn3c2=O)nc2ccccn12. The highest BCUT2D eigenvalue weighted by molar-refractivity contribution is 5.61. The van der Waals surface area contributed by atoms with E-state index in [1.807, 2.05) is 6.07 Å². The fraction of sp³-hybridized carbons (Fsp3) is 0. The Kier molecular flexibility index (Phi) is 2.62. The summed E-state index contributed by atoms with van der Waals surface area (Å²) in [5.41, 5.74) is 1.17. The molecule has 0 bridgehead atoms. The molecule has 0 aliphatic rings. The lowest BCUT2D eigenvalue weighted by atomic mass is 10.2. The van der Waals surface area contributed by atoms with Crippen molar-refractivity contribution in [3.63, 3.8) is 0 Å². The molecule has 6 nitrogen and oxygen atoms in total. The van der Waals surface area contributed by atoms with Gasteiger partial charge < -0.3 is 0 Å². The predicted molar refractivity (Wildman–Crippen MR) is 81.9 cm³/mol. The zero-order chi connectivity index (χ0) is 15.1. The first-order valence-electron chi connectivity index (χ1n) is 6.69. The molecule has 22 heavy (non-hydrogen) atoms. The zero-order valence-corrected chi connectivity index (χ0v) is 11.4. The van der Waals surface area contributed by atoms with Crippen LogP contribution in [0.4, 0.5) is 0 Å². The molecule has 0 radical (unpaired) electrons. The Morgan fingerprint density at radius 3 is 2.41 bits per heavy atom. The standard InChI is InChI=1S/C16H10N4O2/c21-15-9-12(18-14-6-2-3-7-19(14)15)11-10-17-13-5-1-4-8-20(13)16(11)22/h1-10H.